The van der Waals surface area contributed by atoms with Gasteiger partial charge in [0.15, 0.2) is 0 Å². The third kappa shape index (κ3) is 38.5. The minimum atomic E-state index is -0.795. The van der Waals surface area contributed by atoms with Crippen LogP contribution in [-0.2, 0) is 14.3 Å². The van der Waals surface area contributed by atoms with Crippen molar-refractivity contribution in [3.05, 3.63) is 48.6 Å². The standard InChI is InChI=1S/C49H89NO5/c1-4-7-10-13-16-19-21-23-24-25-27-30-33-36-39-42-49(54)55-45(40-37-34-31-29-26-22-20-17-14-11-8-5-2)43-48(53)50-46(44-51)47(52)41-38-35-32-28-18-15-12-9-6-3/h8,11,17,19-21,26,29,45-47,51-52H,4-7,9-10,12-16,18,22-25,27-28,30-44H2,1-3H3,(H,50,53)/b11-8+,20-17+,21-19-,29-26+. The van der Waals surface area contributed by atoms with E-state index in [1.165, 1.54) is 103 Å². The molecule has 6 nitrogen and oxygen atoms in total. The van der Waals surface area contributed by atoms with E-state index in [2.05, 4.69) is 74.7 Å². The van der Waals surface area contributed by atoms with E-state index < -0.39 is 18.2 Å². The molecule has 3 atom stereocenters. The number of allylic oxidation sites excluding steroid dienone is 8. The summed E-state index contributed by atoms with van der Waals surface area (Å²) in [5.41, 5.74) is 0. The minimum absolute atomic E-state index is 0.0498. The van der Waals surface area contributed by atoms with Crippen molar-refractivity contribution in [3.63, 3.8) is 0 Å². The van der Waals surface area contributed by atoms with Crippen molar-refractivity contribution in [2.75, 3.05) is 6.61 Å². The Morgan fingerprint density at radius 3 is 1.55 bits per heavy atom. The number of amides is 1. The van der Waals surface area contributed by atoms with E-state index in [0.29, 0.717) is 19.3 Å². The van der Waals surface area contributed by atoms with Gasteiger partial charge in [-0.05, 0) is 83.5 Å². The molecule has 3 unspecified atom stereocenters. The molecule has 0 bridgehead atoms. The van der Waals surface area contributed by atoms with Gasteiger partial charge in [-0.2, -0.15) is 0 Å². The van der Waals surface area contributed by atoms with E-state index in [4.69, 9.17) is 4.74 Å². The zero-order valence-electron chi connectivity index (χ0n) is 36.3. The molecule has 55 heavy (non-hydrogen) atoms. The van der Waals surface area contributed by atoms with Crippen LogP contribution in [0.4, 0.5) is 0 Å². The maximum absolute atomic E-state index is 13.1. The Labute approximate surface area is 340 Å². The predicted molar refractivity (Wildman–Crippen MR) is 236 cm³/mol. The van der Waals surface area contributed by atoms with E-state index in [9.17, 15) is 19.8 Å². The van der Waals surface area contributed by atoms with Crippen LogP contribution < -0.4 is 5.32 Å². The average molecular weight is 772 g/mol. The molecule has 0 spiro atoms. The number of carbonyl (C=O) groups is 2. The quantitative estimate of drug-likeness (QED) is 0.0327. The summed E-state index contributed by atoms with van der Waals surface area (Å²) in [7, 11) is 0. The molecule has 0 aliphatic heterocycles. The predicted octanol–water partition coefficient (Wildman–Crippen LogP) is 13.5. The van der Waals surface area contributed by atoms with Crippen molar-refractivity contribution in [2.24, 2.45) is 0 Å². The number of esters is 1. The number of ether oxygens (including phenoxy) is 1. The lowest BCUT2D eigenvalue weighted by molar-refractivity contribution is -0.151. The van der Waals surface area contributed by atoms with Gasteiger partial charge in [0.2, 0.25) is 5.91 Å². The van der Waals surface area contributed by atoms with Gasteiger partial charge in [-0.25, -0.2) is 0 Å². The lowest BCUT2D eigenvalue weighted by Crippen LogP contribution is -2.46. The molecule has 6 heteroatoms. The maximum Gasteiger partial charge on any atom is 0.306 e. The summed E-state index contributed by atoms with van der Waals surface area (Å²) < 4.78 is 5.89. The molecule has 0 heterocycles. The van der Waals surface area contributed by atoms with Gasteiger partial charge in [-0.15, -0.1) is 0 Å². The summed E-state index contributed by atoms with van der Waals surface area (Å²) in [6.45, 7) is 6.31. The molecule has 0 rings (SSSR count). The number of aliphatic hydroxyl groups is 2. The monoisotopic (exact) mass is 772 g/mol. The van der Waals surface area contributed by atoms with Crippen molar-refractivity contribution in [2.45, 2.75) is 244 Å². The molecule has 0 radical (unpaired) electrons. The normalized spacial score (nSPS) is 13.8. The highest BCUT2D eigenvalue weighted by molar-refractivity contribution is 5.77. The summed E-state index contributed by atoms with van der Waals surface area (Å²) in [6, 6.07) is -0.712. The fraction of sp³-hybridized carbons (Fsp3) is 0.796. The van der Waals surface area contributed by atoms with Crippen molar-refractivity contribution >= 4 is 11.9 Å². The summed E-state index contributed by atoms with van der Waals surface area (Å²) >= 11 is 0. The van der Waals surface area contributed by atoms with E-state index in [1.54, 1.807) is 0 Å². The zero-order chi connectivity index (χ0) is 40.3. The highest BCUT2D eigenvalue weighted by atomic mass is 16.5. The molecule has 1 amide bonds. The van der Waals surface area contributed by atoms with E-state index in [1.807, 2.05) is 0 Å². The maximum atomic E-state index is 13.1. The van der Waals surface area contributed by atoms with Crippen molar-refractivity contribution in [3.8, 4) is 0 Å². The molecule has 0 aliphatic rings. The Morgan fingerprint density at radius 2 is 0.982 bits per heavy atom. The van der Waals surface area contributed by atoms with Crippen LogP contribution in [0, 0.1) is 0 Å². The molecule has 0 aromatic heterocycles. The molecule has 320 valence electrons. The highest BCUT2D eigenvalue weighted by Gasteiger charge is 2.24. The lowest BCUT2D eigenvalue weighted by atomic mass is 10.0. The number of unbranched alkanes of at least 4 members (excludes halogenated alkanes) is 21. The van der Waals surface area contributed by atoms with Crippen LogP contribution in [0.15, 0.2) is 48.6 Å². The van der Waals surface area contributed by atoms with Crippen LogP contribution in [0.5, 0.6) is 0 Å². The zero-order valence-corrected chi connectivity index (χ0v) is 36.3. The van der Waals surface area contributed by atoms with Gasteiger partial charge >= 0.3 is 5.97 Å². The van der Waals surface area contributed by atoms with E-state index in [0.717, 1.165) is 77.0 Å². The van der Waals surface area contributed by atoms with Crippen molar-refractivity contribution in [1.29, 1.82) is 0 Å². The second-order valence-electron chi connectivity index (χ2n) is 15.8. The average Bonchev–Trinajstić information content (AvgIpc) is 3.18. The van der Waals surface area contributed by atoms with Gasteiger partial charge < -0.3 is 20.3 Å². The first-order valence-corrected chi connectivity index (χ1v) is 23.4. The molecular weight excluding hydrogens is 683 g/mol. The third-order valence-electron chi connectivity index (χ3n) is 10.4. The molecule has 0 saturated heterocycles. The Hall–Kier alpha value is -2.18. The molecule has 0 aromatic carbocycles. The van der Waals surface area contributed by atoms with Crippen molar-refractivity contribution in [1.82, 2.24) is 5.32 Å². The van der Waals surface area contributed by atoms with Crippen LogP contribution in [0.1, 0.15) is 226 Å². The largest absolute Gasteiger partial charge is 0.462 e. The topological polar surface area (TPSA) is 95.9 Å². The Kier molecular flexibility index (Phi) is 41.2. The lowest BCUT2D eigenvalue weighted by Gasteiger charge is -2.24. The Balaban J connectivity index is 4.63. The first kappa shape index (κ1) is 52.8. The number of nitrogens with one attached hydrogen (secondary N) is 1. The number of hydrogen-bond donors (Lipinski definition) is 3. The summed E-state index contributed by atoms with van der Waals surface area (Å²) in [4.78, 5) is 26.0. The molecule has 0 aliphatic carbocycles. The third-order valence-corrected chi connectivity index (χ3v) is 10.4. The first-order valence-electron chi connectivity index (χ1n) is 23.4. The molecular formula is C49H89NO5. The second-order valence-corrected chi connectivity index (χ2v) is 15.8. The first-order chi connectivity index (χ1) is 27.0. The van der Waals surface area contributed by atoms with Gasteiger partial charge in [0.1, 0.15) is 6.10 Å². The van der Waals surface area contributed by atoms with Gasteiger partial charge in [0.25, 0.3) is 0 Å². The molecule has 0 saturated carbocycles. The second kappa shape index (κ2) is 43.0. The van der Waals surface area contributed by atoms with Crippen LogP contribution in [0.3, 0.4) is 0 Å². The van der Waals surface area contributed by atoms with E-state index in [-0.39, 0.29) is 24.9 Å². The van der Waals surface area contributed by atoms with Crippen LogP contribution in [0.2, 0.25) is 0 Å². The number of hydrogen-bond acceptors (Lipinski definition) is 5. The molecule has 0 aromatic rings. The fourth-order valence-electron chi connectivity index (χ4n) is 6.85. The molecule has 0 fully saturated rings. The summed E-state index contributed by atoms with van der Waals surface area (Å²) in [5, 5.41) is 23.6. The number of carbonyl (C=O) groups excluding carboxylic acids is 2. The summed E-state index contributed by atoms with van der Waals surface area (Å²) in [6.07, 6.45) is 50.3. The fourth-order valence-corrected chi connectivity index (χ4v) is 6.85. The summed E-state index contributed by atoms with van der Waals surface area (Å²) in [5.74, 6) is -0.519. The minimum Gasteiger partial charge on any atom is -0.462 e. The van der Waals surface area contributed by atoms with E-state index >= 15 is 0 Å². The van der Waals surface area contributed by atoms with Crippen LogP contribution >= 0.6 is 0 Å². The van der Waals surface area contributed by atoms with Crippen LogP contribution in [0.25, 0.3) is 0 Å². The van der Waals surface area contributed by atoms with Gasteiger partial charge in [-0.3, -0.25) is 9.59 Å². The number of rotatable bonds is 41. The van der Waals surface area contributed by atoms with Gasteiger partial charge in [0, 0.05) is 6.42 Å². The van der Waals surface area contributed by atoms with Gasteiger partial charge in [-0.1, -0.05) is 179 Å². The Bertz CT molecular complexity index is 957. The highest BCUT2D eigenvalue weighted by Crippen LogP contribution is 2.17. The van der Waals surface area contributed by atoms with Crippen molar-refractivity contribution < 1.29 is 24.5 Å². The molecule has 3 N–H and O–H groups in total. The SMILES string of the molecule is CC/C=C/C/C=C/C/C=C/CCCCC(CC(=O)NC(CO)C(O)CCCCCCCCCCC)OC(=O)CCCCCCCCC/C=C\CCCCCC. The van der Waals surface area contributed by atoms with Crippen LogP contribution in [-0.4, -0.2) is 46.9 Å². The number of aliphatic hydroxyl groups excluding tert-OH is 2. The van der Waals surface area contributed by atoms with Gasteiger partial charge in [0.05, 0.1) is 25.2 Å². The Morgan fingerprint density at radius 1 is 0.545 bits per heavy atom. The smallest absolute Gasteiger partial charge is 0.306 e.